The first-order chi connectivity index (χ1) is 7.34. The van der Waals surface area contributed by atoms with Gasteiger partial charge in [0.1, 0.15) is 0 Å². The summed E-state index contributed by atoms with van der Waals surface area (Å²) in [4.78, 5) is 0. The fourth-order valence-electron chi connectivity index (χ4n) is 1.90. The van der Waals surface area contributed by atoms with Gasteiger partial charge < -0.3 is 10.6 Å². The van der Waals surface area contributed by atoms with Gasteiger partial charge in [0, 0.05) is 25.7 Å². The maximum absolute atomic E-state index is 3.59. The first-order valence-electron chi connectivity index (χ1n) is 5.82. The smallest absolute Gasteiger partial charge is 0.00792 e. The number of hydrogen-bond donors (Lipinski definition) is 2. The standard InChI is InChI=1S/C13H20N2/c1-11(15-10-13-8-14-9-13)7-12-5-3-2-4-6-12/h2-6,11,13-15H,7-10H2,1H3. The topological polar surface area (TPSA) is 24.1 Å². The predicted molar refractivity (Wildman–Crippen MR) is 64.0 cm³/mol. The molecule has 1 heterocycles. The van der Waals surface area contributed by atoms with Crippen molar-refractivity contribution in [3.8, 4) is 0 Å². The zero-order valence-electron chi connectivity index (χ0n) is 9.37. The highest BCUT2D eigenvalue weighted by Crippen LogP contribution is 2.04. The van der Waals surface area contributed by atoms with E-state index in [2.05, 4.69) is 47.9 Å². The van der Waals surface area contributed by atoms with E-state index in [4.69, 9.17) is 0 Å². The van der Waals surface area contributed by atoms with Crippen molar-refractivity contribution in [3.05, 3.63) is 35.9 Å². The average molecular weight is 204 g/mol. The van der Waals surface area contributed by atoms with Gasteiger partial charge >= 0.3 is 0 Å². The fraction of sp³-hybridized carbons (Fsp3) is 0.538. The van der Waals surface area contributed by atoms with E-state index in [1.165, 1.54) is 18.7 Å². The second-order valence-electron chi connectivity index (χ2n) is 4.52. The molecule has 1 unspecified atom stereocenters. The Hall–Kier alpha value is -0.860. The van der Waals surface area contributed by atoms with Crippen LogP contribution in [0.3, 0.4) is 0 Å². The minimum atomic E-state index is 0.577. The lowest BCUT2D eigenvalue weighted by atomic mass is 10.0. The Morgan fingerprint density at radius 2 is 2.07 bits per heavy atom. The quantitative estimate of drug-likeness (QED) is 0.758. The summed E-state index contributed by atoms with van der Waals surface area (Å²) in [5.41, 5.74) is 1.42. The Morgan fingerprint density at radius 3 is 2.67 bits per heavy atom. The van der Waals surface area contributed by atoms with Gasteiger partial charge in [0.15, 0.2) is 0 Å². The van der Waals surface area contributed by atoms with Crippen LogP contribution in [-0.4, -0.2) is 25.7 Å². The van der Waals surface area contributed by atoms with Crippen molar-refractivity contribution >= 4 is 0 Å². The highest BCUT2D eigenvalue weighted by Gasteiger charge is 2.16. The largest absolute Gasteiger partial charge is 0.316 e. The van der Waals surface area contributed by atoms with Gasteiger partial charge in [0.2, 0.25) is 0 Å². The molecule has 0 spiro atoms. The van der Waals surface area contributed by atoms with Crippen molar-refractivity contribution in [2.45, 2.75) is 19.4 Å². The first-order valence-corrected chi connectivity index (χ1v) is 5.82. The first kappa shape index (κ1) is 10.7. The summed E-state index contributed by atoms with van der Waals surface area (Å²) in [6.07, 6.45) is 1.13. The van der Waals surface area contributed by atoms with Gasteiger partial charge in [-0.2, -0.15) is 0 Å². The molecular formula is C13H20N2. The van der Waals surface area contributed by atoms with E-state index < -0.39 is 0 Å². The van der Waals surface area contributed by atoms with Crippen molar-refractivity contribution in [1.82, 2.24) is 10.6 Å². The van der Waals surface area contributed by atoms with Crippen molar-refractivity contribution in [2.24, 2.45) is 5.92 Å². The Morgan fingerprint density at radius 1 is 1.33 bits per heavy atom. The zero-order chi connectivity index (χ0) is 10.5. The maximum Gasteiger partial charge on any atom is 0.00792 e. The average Bonchev–Trinajstić information content (AvgIpc) is 2.17. The van der Waals surface area contributed by atoms with Gasteiger partial charge in [-0.3, -0.25) is 0 Å². The number of hydrogen-bond acceptors (Lipinski definition) is 2. The molecule has 0 aliphatic carbocycles. The van der Waals surface area contributed by atoms with Crippen LogP contribution in [0.4, 0.5) is 0 Å². The SMILES string of the molecule is CC(Cc1ccccc1)NCC1CNC1. The second kappa shape index (κ2) is 5.29. The van der Waals surface area contributed by atoms with Gasteiger partial charge in [-0.05, 0) is 24.8 Å². The molecule has 0 radical (unpaired) electrons. The molecule has 2 rings (SSSR count). The third-order valence-electron chi connectivity index (χ3n) is 3.01. The van der Waals surface area contributed by atoms with Crippen LogP contribution in [0.1, 0.15) is 12.5 Å². The van der Waals surface area contributed by atoms with Gasteiger partial charge in [0.05, 0.1) is 0 Å². The summed E-state index contributed by atoms with van der Waals surface area (Å²) < 4.78 is 0. The Balaban J connectivity index is 1.69. The molecule has 2 heteroatoms. The predicted octanol–water partition coefficient (Wildman–Crippen LogP) is 1.43. The Labute approximate surface area is 92.1 Å². The summed E-state index contributed by atoms with van der Waals surface area (Å²) in [6.45, 7) is 5.79. The van der Waals surface area contributed by atoms with Crippen LogP contribution in [0, 0.1) is 5.92 Å². The number of nitrogens with one attached hydrogen (secondary N) is 2. The van der Waals surface area contributed by atoms with Crippen LogP contribution >= 0.6 is 0 Å². The third kappa shape index (κ3) is 3.33. The molecule has 0 bridgehead atoms. The molecule has 1 saturated heterocycles. The molecule has 15 heavy (non-hydrogen) atoms. The van der Waals surface area contributed by atoms with Gasteiger partial charge in [-0.25, -0.2) is 0 Å². The highest BCUT2D eigenvalue weighted by molar-refractivity contribution is 5.15. The van der Waals surface area contributed by atoms with E-state index in [1.807, 2.05) is 0 Å². The van der Waals surface area contributed by atoms with E-state index in [9.17, 15) is 0 Å². The van der Waals surface area contributed by atoms with Crippen LogP contribution in [0.25, 0.3) is 0 Å². The number of rotatable bonds is 5. The molecule has 1 fully saturated rings. The second-order valence-corrected chi connectivity index (χ2v) is 4.52. The Kier molecular flexibility index (Phi) is 3.75. The van der Waals surface area contributed by atoms with Gasteiger partial charge in [0.25, 0.3) is 0 Å². The molecule has 1 aromatic rings. The Bertz CT molecular complexity index is 280. The molecular weight excluding hydrogens is 184 g/mol. The van der Waals surface area contributed by atoms with Crippen molar-refractivity contribution in [3.63, 3.8) is 0 Å². The highest BCUT2D eigenvalue weighted by atomic mass is 15.0. The number of benzene rings is 1. The molecule has 1 aromatic carbocycles. The van der Waals surface area contributed by atoms with Crippen molar-refractivity contribution in [2.75, 3.05) is 19.6 Å². The van der Waals surface area contributed by atoms with E-state index in [1.54, 1.807) is 0 Å². The molecule has 2 N–H and O–H groups in total. The summed E-state index contributed by atoms with van der Waals surface area (Å²) >= 11 is 0. The normalized spacial score (nSPS) is 18.5. The zero-order valence-corrected chi connectivity index (χ0v) is 9.37. The van der Waals surface area contributed by atoms with E-state index in [0.29, 0.717) is 6.04 Å². The minimum Gasteiger partial charge on any atom is -0.316 e. The van der Waals surface area contributed by atoms with Crippen molar-refractivity contribution < 1.29 is 0 Å². The van der Waals surface area contributed by atoms with Crippen LogP contribution in [-0.2, 0) is 6.42 Å². The maximum atomic E-state index is 3.59. The molecule has 0 amide bonds. The lowest BCUT2D eigenvalue weighted by Crippen LogP contribution is -2.48. The molecule has 0 saturated carbocycles. The third-order valence-corrected chi connectivity index (χ3v) is 3.01. The summed E-state index contributed by atoms with van der Waals surface area (Å²) in [6, 6.07) is 11.3. The van der Waals surface area contributed by atoms with Crippen LogP contribution in [0.2, 0.25) is 0 Å². The van der Waals surface area contributed by atoms with Gasteiger partial charge in [-0.15, -0.1) is 0 Å². The van der Waals surface area contributed by atoms with Crippen LogP contribution < -0.4 is 10.6 Å². The molecule has 2 nitrogen and oxygen atoms in total. The molecule has 0 aromatic heterocycles. The minimum absolute atomic E-state index is 0.577. The van der Waals surface area contributed by atoms with Crippen LogP contribution in [0.15, 0.2) is 30.3 Å². The van der Waals surface area contributed by atoms with Crippen molar-refractivity contribution in [1.29, 1.82) is 0 Å². The van der Waals surface area contributed by atoms with Crippen LogP contribution in [0.5, 0.6) is 0 Å². The summed E-state index contributed by atoms with van der Waals surface area (Å²) in [7, 11) is 0. The monoisotopic (exact) mass is 204 g/mol. The summed E-state index contributed by atoms with van der Waals surface area (Å²) in [5, 5.41) is 6.89. The lowest BCUT2D eigenvalue weighted by Gasteiger charge is -2.28. The van der Waals surface area contributed by atoms with E-state index in [-0.39, 0.29) is 0 Å². The van der Waals surface area contributed by atoms with E-state index >= 15 is 0 Å². The fourth-order valence-corrected chi connectivity index (χ4v) is 1.90. The summed E-state index contributed by atoms with van der Waals surface area (Å²) in [5.74, 6) is 0.850. The van der Waals surface area contributed by atoms with Gasteiger partial charge in [-0.1, -0.05) is 30.3 Å². The van der Waals surface area contributed by atoms with E-state index in [0.717, 1.165) is 18.9 Å². The lowest BCUT2D eigenvalue weighted by molar-refractivity contribution is 0.319. The molecule has 1 atom stereocenters. The molecule has 1 aliphatic rings. The molecule has 82 valence electrons. The molecule has 1 aliphatic heterocycles.